The van der Waals surface area contributed by atoms with Crippen LogP contribution in [0, 0.1) is 0 Å². The van der Waals surface area contributed by atoms with E-state index < -0.39 is 7.05 Å². The molecule has 0 unspecified atom stereocenters. The van der Waals surface area contributed by atoms with Crippen molar-refractivity contribution in [1.29, 1.82) is 0 Å². The van der Waals surface area contributed by atoms with E-state index in [1.165, 1.54) is 43.4 Å². The second-order valence-corrected chi connectivity index (χ2v) is 9.44. The first kappa shape index (κ1) is 25.1. The van der Waals surface area contributed by atoms with Gasteiger partial charge in [-0.05, 0) is 45.5 Å². The van der Waals surface area contributed by atoms with Crippen molar-refractivity contribution in [1.82, 2.24) is 0 Å². The molecule has 0 aliphatic heterocycles. The molecule has 0 aromatic carbocycles. The van der Waals surface area contributed by atoms with Crippen LogP contribution in [0.3, 0.4) is 0 Å². The van der Waals surface area contributed by atoms with Gasteiger partial charge in [-0.2, -0.15) is 0 Å². The third-order valence-electron chi connectivity index (χ3n) is 3.51. The maximum atomic E-state index is 5.19. The molecule has 0 bridgehead atoms. The average Bonchev–Trinajstić information content (AvgIpc) is 2.99. The summed E-state index contributed by atoms with van der Waals surface area (Å²) in [5.41, 5.74) is 1.34. The molecule has 1 aliphatic carbocycles. The van der Waals surface area contributed by atoms with Crippen molar-refractivity contribution in [2.24, 2.45) is 4.74 Å². The van der Waals surface area contributed by atoms with Gasteiger partial charge in [0.05, 0.1) is 0 Å². The van der Waals surface area contributed by atoms with Crippen molar-refractivity contribution in [3.05, 3.63) is 48.2 Å². The van der Waals surface area contributed by atoms with E-state index in [9.17, 15) is 0 Å². The molecule has 0 aromatic heterocycles. The Morgan fingerprint density at radius 1 is 0.957 bits per heavy atom. The van der Waals surface area contributed by atoms with E-state index in [0.717, 1.165) is 6.42 Å². The largest absolute Gasteiger partial charge is 0.272 e. The zero-order valence-corrected chi connectivity index (χ0v) is 18.3. The maximum Gasteiger partial charge on any atom is 0.0425 e. The van der Waals surface area contributed by atoms with Gasteiger partial charge in [-0.15, -0.1) is 0 Å². The van der Waals surface area contributed by atoms with Crippen LogP contribution in [-0.2, 0) is 21.7 Å². The minimum atomic E-state index is -1.03. The molecule has 0 fully saturated rings. The summed E-state index contributed by atoms with van der Waals surface area (Å²) in [4.78, 5) is 0. The summed E-state index contributed by atoms with van der Waals surface area (Å²) in [5, 5.41) is 0. The molecule has 23 heavy (non-hydrogen) atoms. The van der Waals surface area contributed by atoms with Crippen LogP contribution in [0.4, 0.5) is 0 Å². The van der Waals surface area contributed by atoms with E-state index in [4.69, 9.17) is 4.74 Å². The van der Waals surface area contributed by atoms with Gasteiger partial charge in [0.1, 0.15) is 0 Å². The standard InChI is InChI=1S/C14H26NP.C6H10.Ti/c1-4-11-16(12-5-2,13-6-3)15-14-9-7-8-10-14;1-3-5-6-4-2;/h7-9H,4-6,10-13H2,1-3H3;3-6H,1-2H3;. The maximum absolute atomic E-state index is 5.19. The van der Waals surface area contributed by atoms with Crippen molar-refractivity contribution in [3.8, 4) is 0 Å². The van der Waals surface area contributed by atoms with Crippen LogP contribution in [0.5, 0.6) is 0 Å². The van der Waals surface area contributed by atoms with Crippen LogP contribution >= 0.6 is 7.05 Å². The molecule has 0 spiro atoms. The van der Waals surface area contributed by atoms with Crippen LogP contribution in [-0.4, -0.2) is 18.5 Å². The Bertz CT molecular complexity index is 411. The molecule has 0 atom stereocenters. The van der Waals surface area contributed by atoms with Gasteiger partial charge in [-0.25, -0.2) is 0 Å². The Morgan fingerprint density at radius 3 is 1.74 bits per heavy atom. The van der Waals surface area contributed by atoms with E-state index in [0.29, 0.717) is 0 Å². The molecular formula is C20H36NPTi. The number of rotatable bonds is 8. The van der Waals surface area contributed by atoms with Gasteiger partial charge >= 0.3 is 0 Å². The third kappa shape index (κ3) is 12.0. The minimum Gasteiger partial charge on any atom is -0.272 e. The smallest absolute Gasteiger partial charge is 0.0425 e. The molecule has 0 saturated carbocycles. The average molecular weight is 369 g/mol. The predicted molar refractivity (Wildman–Crippen MR) is 106 cm³/mol. The summed E-state index contributed by atoms with van der Waals surface area (Å²) in [6, 6.07) is 0. The van der Waals surface area contributed by atoms with E-state index in [1.807, 2.05) is 38.2 Å². The molecule has 0 radical (unpaired) electrons. The van der Waals surface area contributed by atoms with Crippen LogP contribution in [0.15, 0.2) is 53.0 Å². The summed E-state index contributed by atoms with van der Waals surface area (Å²) in [6.45, 7) is 10.9. The second kappa shape index (κ2) is 16.8. The van der Waals surface area contributed by atoms with Crippen LogP contribution in [0.25, 0.3) is 0 Å². The van der Waals surface area contributed by atoms with Gasteiger partial charge in [-0.1, -0.05) is 76.5 Å². The van der Waals surface area contributed by atoms with E-state index >= 15 is 0 Å². The van der Waals surface area contributed by atoms with Gasteiger partial charge in [0.15, 0.2) is 0 Å². The Kier molecular flexibility index (Phi) is 18.3. The number of nitrogens with zero attached hydrogens (tertiary/aromatic N) is 1. The SMILES string of the molecule is CC=CC=CC.CCCP(CCC)(CCC)=NC1=CC=CC1.[Ti]. The molecular weight excluding hydrogens is 333 g/mol. The molecule has 0 N–H and O–H groups in total. The van der Waals surface area contributed by atoms with E-state index in [1.54, 1.807) is 0 Å². The molecule has 1 aliphatic rings. The molecule has 3 heteroatoms. The Balaban J connectivity index is 0. The van der Waals surface area contributed by atoms with Crippen LogP contribution in [0.2, 0.25) is 0 Å². The molecule has 0 saturated heterocycles. The Hall–Kier alpha value is -0.0957. The van der Waals surface area contributed by atoms with Crippen LogP contribution < -0.4 is 0 Å². The Morgan fingerprint density at radius 2 is 1.43 bits per heavy atom. The van der Waals surface area contributed by atoms with Crippen molar-refractivity contribution < 1.29 is 21.7 Å². The van der Waals surface area contributed by atoms with E-state index in [-0.39, 0.29) is 21.7 Å². The summed E-state index contributed by atoms with van der Waals surface area (Å²) in [5.74, 6) is 0. The molecule has 0 aromatic rings. The molecule has 0 amide bonds. The van der Waals surface area contributed by atoms with Crippen LogP contribution in [0.1, 0.15) is 60.3 Å². The first-order chi connectivity index (χ1) is 10.7. The molecule has 0 heterocycles. The van der Waals surface area contributed by atoms with Crippen molar-refractivity contribution in [3.63, 3.8) is 0 Å². The molecule has 1 nitrogen and oxygen atoms in total. The van der Waals surface area contributed by atoms with Crippen molar-refractivity contribution >= 4 is 7.05 Å². The number of allylic oxidation sites excluding steroid dienone is 7. The predicted octanol–water partition coefficient (Wildman–Crippen LogP) is 7.40. The van der Waals surface area contributed by atoms with Gasteiger partial charge in [0, 0.05) is 33.8 Å². The summed E-state index contributed by atoms with van der Waals surface area (Å²) < 4.78 is 5.19. The van der Waals surface area contributed by atoms with Crippen molar-refractivity contribution in [2.45, 2.75) is 60.3 Å². The topological polar surface area (TPSA) is 12.4 Å². The first-order valence-corrected chi connectivity index (χ1v) is 11.2. The monoisotopic (exact) mass is 369 g/mol. The fourth-order valence-corrected chi connectivity index (χ4v) is 6.90. The normalized spacial score (nSPS) is 13.7. The van der Waals surface area contributed by atoms with E-state index in [2.05, 4.69) is 39.0 Å². The number of hydrogen-bond acceptors (Lipinski definition) is 1. The van der Waals surface area contributed by atoms with Gasteiger partial charge in [-0.3, -0.25) is 4.74 Å². The zero-order chi connectivity index (χ0) is 16.7. The number of hydrogen-bond donors (Lipinski definition) is 0. The summed E-state index contributed by atoms with van der Waals surface area (Å²) in [6.07, 6.45) is 23.6. The fourth-order valence-electron chi connectivity index (χ4n) is 2.74. The first-order valence-electron chi connectivity index (χ1n) is 8.87. The summed E-state index contributed by atoms with van der Waals surface area (Å²) in [7, 11) is -1.03. The minimum absolute atomic E-state index is 0. The second-order valence-electron chi connectivity index (χ2n) is 5.71. The zero-order valence-electron chi connectivity index (χ0n) is 15.9. The summed E-state index contributed by atoms with van der Waals surface area (Å²) >= 11 is 0. The Labute approximate surface area is 160 Å². The van der Waals surface area contributed by atoms with Gasteiger partial charge < -0.3 is 0 Å². The van der Waals surface area contributed by atoms with Gasteiger partial charge in [0.2, 0.25) is 0 Å². The fraction of sp³-hybridized carbons (Fsp3) is 0.600. The molecule has 130 valence electrons. The van der Waals surface area contributed by atoms with Crippen molar-refractivity contribution in [2.75, 3.05) is 18.5 Å². The third-order valence-corrected chi connectivity index (χ3v) is 8.03. The molecule has 1 rings (SSSR count). The van der Waals surface area contributed by atoms with Gasteiger partial charge in [0.25, 0.3) is 0 Å². The quantitative estimate of drug-likeness (QED) is 0.240.